The summed E-state index contributed by atoms with van der Waals surface area (Å²) in [6.45, 7) is 1.59. The Bertz CT molecular complexity index is 1550. The minimum atomic E-state index is -3.47. The molecule has 0 fully saturated rings. The molecule has 0 saturated carbocycles. The summed E-state index contributed by atoms with van der Waals surface area (Å²) >= 11 is 0. The van der Waals surface area contributed by atoms with Crippen LogP contribution in [0.25, 0.3) is 5.69 Å². The Morgan fingerprint density at radius 2 is 1.63 bits per heavy atom. The van der Waals surface area contributed by atoms with Crippen LogP contribution >= 0.6 is 0 Å². The highest BCUT2D eigenvalue weighted by Gasteiger charge is 2.33. The number of nitrogens with zero attached hydrogens (tertiary/aromatic N) is 7. The molecule has 0 bridgehead atoms. The first-order chi connectivity index (χ1) is 18.2. The molecule has 1 amide bonds. The van der Waals surface area contributed by atoms with Crippen molar-refractivity contribution < 1.29 is 17.9 Å². The zero-order chi connectivity index (χ0) is 27.0. The van der Waals surface area contributed by atoms with Gasteiger partial charge in [-0.25, -0.2) is 17.4 Å². The van der Waals surface area contributed by atoms with E-state index in [1.165, 1.54) is 16.0 Å². The summed E-state index contributed by atoms with van der Waals surface area (Å²) in [5.74, 6) is 0.798. The fourth-order valence-corrected chi connectivity index (χ4v) is 5.13. The number of benzene rings is 2. The topological polar surface area (TPSA) is 124 Å². The molecule has 2 aliphatic heterocycles. The number of carbonyl (C=O) groups is 1. The number of ether oxygens (including phenoxy) is 1. The van der Waals surface area contributed by atoms with Crippen LogP contribution < -0.4 is 14.5 Å². The fraction of sp³-hybridized carbons (Fsp3) is 0.308. The number of hydrogen-bond donors (Lipinski definition) is 0. The summed E-state index contributed by atoms with van der Waals surface area (Å²) in [6.07, 6.45) is 2.44. The van der Waals surface area contributed by atoms with E-state index in [0.29, 0.717) is 60.4 Å². The van der Waals surface area contributed by atoms with Gasteiger partial charge in [-0.1, -0.05) is 0 Å². The molecular weight excluding hydrogens is 506 g/mol. The number of carbonyl (C=O) groups excluding carboxylic acids is 1. The second kappa shape index (κ2) is 9.83. The van der Waals surface area contributed by atoms with Gasteiger partial charge in [0.2, 0.25) is 16.0 Å². The lowest BCUT2D eigenvalue weighted by atomic mass is 10.0. The van der Waals surface area contributed by atoms with Gasteiger partial charge < -0.3 is 14.5 Å². The summed E-state index contributed by atoms with van der Waals surface area (Å²) in [5.41, 5.74) is 3.37. The number of rotatable bonds is 5. The molecule has 0 N–H and O–H groups in total. The first-order valence-corrected chi connectivity index (χ1v) is 13.9. The van der Waals surface area contributed by atoms with E-state index in [2.05, 4.69) is 16.2 Å². The SMILES string of the molecule is COc1ccc(-n2nc(C#N)c3c2C(=O)N(c2ccc(N4CCCN=C4N(C)S(C)(=O)=O)cc2)CC3)cc1. The molecule has 38 heavy (non-hydrogen) atoms. The van der Waals surface area contributed by atoms with Crippen LogP contribution in [0.4, 0.5) is 11.4 Å². The number of sulfonamides is 1. The van der Waals surface area contributed by atoms with Crippen molar-refractivity contribution in [1.82, 2.24) is 14.1 Å². The second-order valence-electron chi connectivity index (χ2n) is 9.04. The third kappa shape index (κ3) is 4.45. The first kappa shape index (κ1) is 25.3. The van der Waals surface area contributed by atoms with Crippen LogP contribution in [0, 0.1) is 11.3 Å². The summed E-state index contributed by atoms with van der Waals surface area (Å²) in [5, 5.41) is 14.1. The van der Waals surface area contributed by atoms with Crippen LogP contribution in [-0.2, 0) is 16.4 Å². The van der Waals surface area contributed by atoms with E-state index in [1.54, 1.807) is 36.3 Å². The van der Waals surface area contributed by atoms with Crippen molar-refractivity contribution in [2.45, 2.75) is 12.8 Å². The van der Waals surface area contributed by atoms with Crippen molar-refractivity contribution >= 4 is 33.3 Å². The number of anilines is 2. The van der Waals surface area contributed by atoms with Crippen molar-refractivity contribution in [3.63, 3.8) is 0 Å². The van der Waals surface area contributed by atoms with Gasteiger partial charge in [0.05, 0.1) is 19.1 Å². The molecule has 5 rings (SSSR count). The van der Waals surface area contributed by atoms with Crippen molar-refractivity contribution in [2.24, 2.45) is 4.99 Å². The van der Waals surface area contributed by atoms with Crippen LogP contribution in [0.2, 0.25) is 0 Å². The molecule has 11 nitrogen and oxygen atoms in total. The van der Waals surface area contributed by atoms with E-state index in [0.717, 1.165) is 18.4 Å². The number of guanidine groups is 1. The number of hydrogen-bond acceptors (Lipinski definition) is 8. The van der Waals surface area contributed by atoms with Crippen LogP contribution in [0.3, 0.4) is 0 Å². The molecule has 2 aliphatic rings. The van der Waals surface area contributed by atoms with Crippen LogP contribution in [0.1, 0.15) is 28.2 Å². The van der Waals surface area contributed by atoms with Gasteiger partial charge >= 0.3 is 0 Å². The normalized spacial score (nSPS) is 15.5. The Morgan fingerprint density at radius 3 is 2.24 bits per heavy atom. The van der Waals surface area contributed by atoms with Gasteiger partial charge in [0.1, 0.15) is 17.5 Å². The summed E-state index contributed by atoms with van der Waals surface area (Å²) in [7, 11) is -0.396. The van der Waals surface area contributed by atoms with Gasteiger partial charge in [-0.15, -0.1) is 0 Å². The van der Waals surface area contributed by atoms with Crippen molar-refractivity contribution in [3.05, 3.63) is 65.5 Å². The van der Waals surface area contributed by atoms with E-state index < -0.39 is 10.0 Å². The van der Waals surface area contributed by atoms with Crippen LogP contribution in [-0.4, -0.2) is 74.4 Å². The Morgan fingerprint density at radius 1 is 1.00 bits per heavy atom. The van der Waals surface area contributed by atoms with Crippen molar-refractivity contribution in [1.29, 1.82) is 5.26 Å². The monoisotopic (exact) mass is 533 g/mol. The largest absolute Gasteiger partial charge is 0.497 e. The van der Waals surface area contributed by atoms with Gasteiger partial charge in [-0.05, 0) is 61.4 Å². The van der Waals surface area contributed by atoms with E-state index in [1.807, 2.05) is 29.2 Å². The lowest BCUT2D eigenvalue weighted by Crippen LogP contribution is -2.47. The standard InChI is InChI=1S/C26H27N7O4S/c1-30(38(3,35)36)26-28-14-4-15-32(26)19-7-5-18(6-8-19)31-16-13-22-23(17-27)29-33(24(22)25(31)34)20-9-11-21(37-2)12-10-20/h5-12H,4,13-16H2,1-3H3. The van der Waals surface area contributed by atoms with Gasteiger partial charge in [0, 0.05) is 43.6 Å². The van der Waals surface area contributed by atoms with Gasteiger partial charge in [0.15, 0.2) is 5.69 Å². The summed E-state index contributed by atoms with van der Waals surface area (Å²) in [6, 6.07) is 16.6. The molecule has 0 aliphatic carbocycles. The molecule has 12 heteroatoms. The molecule has 3 aromatic rings. The molecular formula is C26H27N7O4S. The van der Waals surface area contributed by atoms with E-state index in [-0.39, 0.29) is 11.6 Å². The van der Waals surface area contributed by atoms with Crippen LogP contribution in [0.5, 0.6) is 5.75 Å². The lowest BCUT2D eigenvalue weighted by molar-refractivity contribution is 0.0973. The third-order valence-electron chi connectivity index (χ3n) is 6.73. The second-order valence-corrected chi connectivity index (χ2v) is 11.1. The predicted octanol–water partition coefficient (Wildman–Crippen LogP) is 2.41. The Hall–Kier alpha value is -4.37. The number of fused-ring (bicyclic) bond motifs is 1. The van der Waals surface area contributed by atoms with E-state index in [4.69, 9.17) is 4.74 Å². The Kier molecular flexibility index (Phi) is 6.54. The zero-order valence-corrected chi connectivity index (χ0v) is 22.1. The minimum absolute atomic E-state index is 0.242. The van der Waals surface area contributed by atoms with Gasteiger partial charge in [-0.2, -0.15) is 10.4 Å². The average Bonchev–Trinajstić information content (AvgIpc) is 3.32. The highest BCUT2D eigenvalue weighted by atomic mass is 32.2. The number of nitriles is 1. The number of methoxy groups -OCH3 is 1. The minimum Gasteiger partial charge on any atom is -0.497 e. The lowest BCUT2D eigenvalue weighted by Gasteiger charge is -2.34. The maximum atomic E-state index is 13.7. The number of amides is 1. The fourth-order valence-electron chi connectivity index (χ4n) is 4.67. The van der Waals surface area contributed by atoms with Crippen molar-refractivity contribution in [2.75, 3.05) is 49.8 Å². The molecule has 1 aromatic heterocycles. The molecule has 0 atom stereocenters. The van der Waals surface area contributed by atoms with Gasteiger partial charge in [0.25, 0.3) is 5.91 Å². The third-order valence-corrected chi connectivity index (χ3v) is 7.88. The summed E-state index contributed by atoms with van der Waals surface area (Å²) < 4.78 is 32.2. The summed E-state index contributed by atoms with van der Waals surface area (Å²) in [4.78, 5) is 21.7. The smallest absolute Gasteiger partial charge is 0.277 e. The molecule has 0 unspecified atom stereocenters. The highest BCUT2D eigenvalue weighted by molar-refractivity contribution is 7.88. The molecule has 0 spiro atoms. The highest BCUT2D eigenvalue weighted by Crippen LogP contribution is 2.31. The van der Waals surface area contributed by atoms with Crippen LogP contribution in [0.15, 0.2) is 53.5 Å². The number of aliphatic imine (C=N–C) groups is 1. The molecule has 0 saturated heterocycles. The van der Waals surface area contributed by atoms with Crippen molar-refractivity contribution in [3.8, 4) is 17.5 Å². The molecule has 3 heterocycles. The maximum absolute atomic E-state index is 13.7. The van der Waals surface area contributed by atoms with E-state index >= 15 is 0 Å². The zero-order valence-electron chi connectivity index (χ0n) is 21.3. The quantitative estimate of drug-likeness (QED) is 0.493. The molecule has 0 radical (unpaired) electrons. The molecule has 196 valence electrons. The predicted molar refractivity (Wildman–Crippen MR) is 144 cm³/mol. The number of aromatic nitrogens is 2. The molecule has 2 aromatic carbocycles. The van der Waals surface area contributed by atoms with Gasteiger partial charge in [-0.3, -0.25) is 9.79 Å². The van der Waals surface area contributed by atoms with E-state index in [9.17, 15) is 18.5 Å². The average molecular weight is 534 g/mol. The Labute approximate surface area is 221 Å². The first-order valence-electron chi connectivity index (χ1n) is 12.1. The Balaban J connectivity index is 1.45. The maximum Gasteiger partial charge on any atom is 0.277 e.